The lowest BCUT2D eigenvalue weighted by Crippen LogP contribution is -2.44. The van der Waals surface area contributed by atoms with Crippen LogP contribution in [0.5, 0.6) is 5.75 Å². The standard InChI is InChI=1S/C22H32N2O3/c1-3-17(4-2)22(26)24-13-7-8-16(14-24)15-27-20-10-6-5-9-19(20)21(25)23-18-11-12-18/h5-6,9-10,16-18H,3-4,7-8,11-15H2,1-2H3,(H,23,25). The molecule has 1 aliphatic heterocycles. The predicted octanol–water partition coefficient (Wildman–Crippen LogP) is 3.63. The Bertz CT molecular complexity index is 653. The predicted molar refractivity (Wildman–Crippen MR) is 106 cm³/mol. The molecular weight excluding hydrogens is 340 g/mol. The Labute approximate surface area is 162 Å². The lowest BCUT2D eigenvalue weighted by molar-refractivity contribution is -0.137. The molecule has 1 aromatic carbocycles. The van der Waals surface area contributed by atoms with Gasteiger partial charge in [-0.1, -0.05) is 26.0 Å². The molecule has 1 atom stereocenters. The average molecular weight is 373 g/mol. The number of rotatable bonds is 8. The van der Waals surface area contributed by atoms with E-state index in [1.54, 1.807) is 0 Å². The fourth-order valence-electron chi connectivity index (χ4n) is 3.78. The van der Waals surface area contributed by atoms with Crippen molar-refractivity contribution >= 4 is 11.8 Å². The molecule has 1 N–H and O–H groups in total. The highest BCUT2D eigenvalue weighted by molar-refractivity contribution is 5.97. The zero-order valence-corrected chi connectivity index (χ0v) is 16.6. The quantitative estimate of drug-likeness (QED) is 0.758. The molecule has 0 radical (unpaired) electrons. The van der Waals surface area contributed by atoms with Crippen LogP contribution in [0.2, 0.25) is 0 Å². The van der Waals surface area contributed by atoms with Crippen LogP contribution in [0.3, 0.4) is 0 Å². The summed E-state index contributed by atoms with van der Waals surface area (Å²) in [6.45, 7) is 6.32. The summed E-state index contributed by atoms with van der Waals surface area (Å²) in [5.41, 5.74) is 0.602. The number of para-hydroxylation sites is 1. The second-order valence-corrected chi connectivity index (χ2v) is 7.86. The second kappa shape index (κ2) is 9.25. The van der Waals surface area contributed by atoms with Crippen LogP contribution < -0.4 is 10.1 Å². The number of benzene rings is 1. The van der Waals surface area contributed by atoms with Crippen LogP contribution in [-0.2, 0) is 4.79 Å². The highest BCUT2D eigenvalue weighted by Crippen LogP contribution is 2.25. The largest absolute Gasteiger partial charge is 0.492 e. The molecule has 1 saturated heterocycles. The minimum Gasteiger partial charge on any atom is -0.492 e. The molecule has 2 fully saturated rings. The Morgan fingerprint density at radius 2 is 1.93 bits per heavy atom. The Balaban J connectivity index is 1.56. The number of carbonyl (C=O) groups is 2. The van der Waals surface area contributed by atoms with Crippen molar-refractivity contribution in [1.82, 2.24) is 10.2 Å². The third-order valence-corrected chi connectivity index (χ3v) is 5.68. The van der Waals surface area contributed by atoms with E-state index in [9.17, 15) is 9.59 Å². The normalized spacial score (nSPS) is 19.8. The van der Waals surface area contributed by atoms with Crippen molar-refractivity contribution in [3.8, 4) is 5.75 Å². The molecule has 148 valence electrons. The number of hydrogen-bond acceptors (Lipinski definition) is 3. The molecule has 2 amide bonds. The number of nitrogens with one attached hydrogen (secondary N) is 1. The maximum Gasteiger partial charge on any atom is 0.255 e. The van der Waals surface area contributed by atoms with Gasteiger partial charge < -0.3 is 15.0 Å². The Kier molecular flexibility index (Phi) is 6.75. The fourth-order valence-corrected chi connectivity index (χ4v) is 3.78. The third-order valence-electron chi connectivity index (χ3n) is 5.68. The first kappa shape index (κ1) is 19.7. The van der Waals surface area contributed by atoms with E-state index in [4.69, 9.17) is 4.74 Å². The molecule has 0 bridgehead atoms. The molecule has 3 rings (SSSR count). The highest BCUT2D eigenvalue weighted by Gasteiger charge is 2.28. The number of nitrogens with zero attached hydrogens (tertiary/aromatic N) is 1. The Hall–Kier alpha value is -2.04. The van der Waals surface area contributed by atoms with E-state index in [2.05, 4.69) is 19.2 Å². The molecule has 0 spiro atoms. The lowest BCUT2D eigenvalue weighted by atomic mass is 9.95. The van der Waals surface area contributed by atoms with Gasteiger partial charge in [0.1, 0.15) is 5.75 Å². The van der Waals surface area contributed by atoms with Crippen LogP contribution in [-0.4, -0.2) is 42.5 Å². The van der Waals surface area contributed by atoms with Gasteiger partial charge in [0.25, 0.3) is 5.91 Å². The first-order valence-electron chi connectivity index (χ1n) is 10.4. The fraction of sp³-hybridized carbons (Fsp3) is 0.636. The van der Waals surface area contributed by atoms with Gasteiger partial charge in [0, 0.05) is 31.0 Å². The van der Waals surface area contributed by atoms with E-state index in [-0.39, 0.29) is 17.7 Å². The van der Waals surface area contributed by atoms with Gasteiger partial charge in [0.15, 0.2) is 0 Å². The van der Waals surface area contributed by atoms with Crippen LogP contribution in [0, 0.1) is 11.8 Å². The summed E-state index contributed by atoms with van der Waals surface area (Å²) in [5, 5.41) is 3.02. The van der Waals surface area contributed by atoms with Gasteiger partial charge in [0.2, 0.25) is 5.91 Å². The number of likely N-dealkylation sites (tertiary alicyclic amines) is 1. The van der Waals surface area contributed by atoms with Crippen molar-refractivity contribution in [1.29, 1.82) is 0 Å². The molecule has 1 heterocycles. The van der Waals surface area contributed by atoms with E-state index in [1.165, 1.54) is 0 Å². The summed E-state index contributed by atoms with van der Waals surface area (Å²) in [4.78, 5) is 27.1. The summed E-state index contributed by atoms with van der Waals surface area (Å²) in [7, 11) is 0. The number of hydrogen-bond donors (Lipinski definition) is 1. The highest BCUT2D eigenvalue weighted by atomic mass is 16.5. The van der Waals surface area contributed by atoms with Gasteiger partial charge in [-0.05, 0) is 50.7 Å². The molecule has 5 nitrogen and oxygen atoms in total. The van der Waals surface area contributed by atoms with Crippen molar-refractivity contribution in [3.63, 3.8) is 0 Å². The number of piperidine rings is 1. The van der Waals surface area contributed by atoms with Gasteiger partial charge in [-0.3, -0.25) is 9.59 Å². The SMILES string of the molecule is CCC(CC)C(=O)N1CCCC(COc2ccccc2C(=O)NC2CC2)C1. The molecule has 1 saturated carbocycles. The van der Waals surface area contributed by atoms with Crippen molar-refractivity contribution in [2.75, 3.05) is 19.7 Å². The van der Waals surface area contributed by atoms with E-state index in [0.717, 1.165) is 51.6 Å². The Morgan fingerprint density at radius 3 is 2.63 bits per heavy atom. The lowest BCUT2D eigenvalue weighted by Gasteiger charge is -2.34. The van der Waals surface area contributed by atoms with Crippen molar-refractivity contribution in [2.45, 2.75) is 58.4 Å². The van der Waals surface area contributed by atoms with Crippen LogP contribution >= 0.6 is 0 Å². The minimum atomic E-state index is -0.0534. The molecule has 1 unspecified atom stereocenters. The molecule has 2 aliphatic rings. The van der Waals surface area contributed by atoms with E-state index < -0.39 is 0 Å². The molecular formula is C22H32N2O3. The zero-order valence-electron chi connectivity index (χ0n) is 16.6. The van der Waals surface area contributed by atoms with Crippen molar-refractivity contribution in [2.24, 2.45) is 11.8 Å². The molecule has 5 heteroatoms. The van der Waals surface area contributed by atoms with Gasteiger partial charge in [-0.2, -0.15) is 0 Å². The molecule has 1 aliphatic carbocycles. The molecule has 0 aromatic heterocycles. The smallest absolute Gasteiger partial charge is 0.255 e. The maximum atomic E-state index is 12.7. The minimum absolute atomic E-state index is 0.0534. The van der Waals surface area contributed by atoms with Crippen LogP contribution in [0.25, 0.3) is 0 Å². The van der Waals surface area contributed by atoms with Crippen LogP contribution in [0.1, 0.15) is 62.7 Å². The summed E-state index contributed by atoms with van der Waals surface area (Å²) in [5.74, 6) is 1.32. The Morgan fingerprint density at radius 1 is 1.19 bits per heavy atom. The summed E-state index contributed by atoms with van der Waals surface area (Å²) in [6, 6.07) is 7.76. The van der Waals surface area contributed by atoms with E-state index >= 15 is 0 Å². The third kappa shape index (κ3) is 5.24. The maximum absolute atomic E-state index is 12.7. The van der Waals surface area contributed by atoms with Gasteiger partial charge in [-0.15, -0.1) is 0 Å². The average Bonchev–Trinajstić information content (AvgIpc) is 3.51. The molecule has 1 aromatic rings. The number of ether oxygens (including phenoxy) is 1. The summed E-state index contributed by atoms with van der Waals surface area (Å²) < 4.78 is 6.04. The van der Waals surface area contributed by atoms with Gasteiger partial charge >= 0.3 is 0 Å². The van der Waals surface area contributed by atoms with E-state index in [0.29, 0.717) is 29.9 Å². The summed E-state index contributed by atoms with van der Waals surface area (Å²) >= 11 is 0. The first-order valence-corrected chi connectivity index (χ1v) is 10.4. The van der Waals surface area contributed by atoms with Gasteiger partial charge in [-0.25, -0.2) is 0 Å². The zero-order chi connectivity index (χ0) is 19.2. The van der Waals surface area contributed by atoms with E-state index in [1.807, 2.05) is 29.2 Å². The first-order chi connectivity index (χ1) is 13.1. The monoisotopic (exact) mass is 372 g/mol. The van der Waals surface area contributed by atoms with Crippen LogP contribution in [0.4, 0.5) is 0 Å². The topological polar surface area (TPSA) is 58.6 Å². The number of carbonyl (C=O) groups excluding carboxylic acids is 2. The molecule has 27 heavy (non-hydrogen) atoms. The summed E-state index contributed by atoms with van der Waals surface area (Å²) in [6.07, 6.45) is 6.01. The van der Waals surface area contributed by atoms with Crippen molar-refractivity contribution < 1.29 is 14.3 Å². The van der Waals surface area contributed by atoms with Crippen molar-refractivity contribution in [3.05, 3.63) is 29.8 Å². The van der Waals surface area contributed by atoms with Gasteiger partial charge in [0.05, 0.1) is 12.2 Å². The van der Waals surface area contributed by atoms with Crippen LogP contribution in [0.15, 0.2) is 24.3 Å². The second-order valence-electron chi connectivity index (χ2n) is 7.86. The number of amides is 2.